The molecule has 0 aliphatic rings. The Bertz CT molecular complexity index is 1290. The first-order chi connectivity index (χ1) is 17.1. The Hall–Kier alpha value is -3.63. The summed E-state index contributed by atoms with van der Waals surface area (Å²) < 4.78 is 73.8. The molecule has 0 aromatic heterocycles. The average Bonchev–Trinajstić information content (AvgIpc) is 2.86. The maximum absolute atomic E-state index is 12.9. The fourth-order valence-electron chi connectivity index (χ4n) is 3.18. The van der Waals surface area contributed by atoms with E-state index in [-0.39, 0.29) is 18.2 Å². The Kier molecular flexibility index (Phi) is 8.89. The molecule has 0 unspecified atom stereocenters. The van der Waals surface area contributed by atoms with Gasteiger partial charge in [0.2, 0.25) is 5.91 Å². The average molecular weight is 520 g/mol. The van der Waals surface area contributed by atoms with Gasteiger partial charge in [0.25, 0.3) is 0 Å². The van der Waals surface area contributed by atoms with Gasteiger partial charge in [0, 0.05) is 26.3 Å². The van der Waals surface area contributed by atoms with E-state index in [1.165, 1.54) is 25.3 Å². The Balaban J connectivity index is 1.70. The summed E-state index contributed by atoms with van der Waals surface area (Å²) in [6.45, 7) is 0.875. The van der Waals surface area contributed by atoms with Crippen LogP contribution in [0.15, 0.2) is 89.8 Å². The number of ether oxygens (including phenoxy) is 1. The molecule has 3 rings (SSSR count). The maximum atomic E-state index is 12.9. The molecule has 0 N–H and O–H groups in total. The monoisotopic (exact) mass is 519 g/mol. The number of hydrogen-bond donors (Lipinski definition) is 0. The molecule has 0 aliphatic carbocycles. The lowest BCUT2D eigenvalue weighted by Crippen LogP contribution is -2.32. The standard InChI is InChI=1S/C26H24F3NO5S/c1-34-17-16-30(25(31)15-12-20-6-3-2-4-7-20)19-21-10-13-23(14-11-21)35-36(32,33)24-9-5-8-22(18-24)26(27,28)29/h2-15,18H,16-17,19H2,1H3. The number of methoxy groups -OCH3 is 1. The molecule has 190 valence electrons. The molecule has 6 nitrogen and oxygen atoms in total. The zero-order valence-corrected chi connectivity index (χ0v) is 20.1. The number of carbonyl (C=O) groups excluding carboxylic acids is 1. The Labute approximate surface area is 207 Å². The summed E-state index contributed by atoms with van der Waals surface area (Å²) in [7, 11) is -2.95. The minimum atomic E-state index is -4.68. The number of rotatable bonds is 10. The predicted octanol–water partition coefficient (Wildman–Crippen LogP) is 5.16. The first-order valence-corrected chi connectivity index (χ1v) is 12.2. The SMILES string of the molecule is COCCN(Cc1ccc(OS(=O)(=O)c2cccc(C(F)(F)F)c2)cc1)C(=O)C=Cc1ccccc1. The molecular formula is C26H24F3NO5S. The third-order valence-electron chi connectivity index (χ3n) is 5.05. The summed E-state index contributed by atoms with van der Waals surface area (Å²) in [5.41, 5.74) is 0.474. The lowest BCUT2D eigenvalue weighted by Gasteiger charge is -2.21. The molecule has 36 heavy (non-hydrogen) atoms. The van der Waals surface area contributed by atoms with Crippen molar-refractivity contribution in [1.29, 1.82) is 0 Å². The van der Waals surface area contributed by atoms with E-state index in [2.05, 4.69) is 0 Å². The van der Waals surface area contributed by atoms with E-state index in [0.717, 1.165) is 23.8 Å². The lowest BCUT2D eigenvalue weighted by atomic mass is 10.2. The van der Waals surface area contributed by atoms with Gasteiger partial charge in [-0.25, -0.2) is 0 Å². The van der Waals surface area contributed by atoms with Crippen molar-refractivity contribution < 1.29 is 35.3 Å². The third kappa shape index (κ3) is 7.69. The molecule has 0 fully saturated rings. The van der Waals surface area contributed by atoms with Crippen molar-refractivity contribution in [3.63, 3.8) is 0 Å². The molecule has 10 heteroatoms. The van der Waals surface area contributed by atoms with E-state index in [4.69, 9.17) is 8.92 Å². The van der Waals surface area contributed by atoms with Crippen molar-refractivity contribution in [1.82, 2.24) is 4.90 Å². The van der Waals surface area contributed by atoms with E-state index in [9.17, 15) is 26.4 Å². The van der Waals surface area contributed by atoms with Crippen LogP contribution >= 0.6 is 0 Å². The van der Waals surface area contributed by atoms with Crippen LogP contribution in [0.5, 0.6) is 5.75 Å². The molecule has 3 aromatic carbocycles. The van der Waals surface area contributed by atoms with Crippen molar-refractivity contribution in [2.45, 2.75) is 17.6 Å². The zero-order chi connectivity index (χ0) is 26.2. The van der Waals surface area contributed by atoms with Gasteiger partial charge in [-0.2, -0.15) is 21.6 Å². The van der Waals surface area contributed by atoms with Gasteiger partial charge in [-0.3, -0.25) is 4.79 Å². The largest absolute Gasteiger partial charge is 0.416 e. The van der Waals surface area contributed by atoms with Crippen LogP contribution in [0.25, 0.3) is 6.08 Å². The van der Waals surface area contributed by atoms with E-state index in [0.29, 0.717) is 24.8 Å². The van der Waals surface area contributed by atoms with Gasteiger partial charge in [0.1, 0.15) is 10.6 Å². The lowest BCUT2D eigenvalue weighted by molar-refractivity contribution is -0.137. The van der Waals surface area contributed by atoms with Gasteiger partial charge in [-0.1, -0.05) is 48.5 Å². The van der Waals surface area contributed by atoms with E-state index >= 15 is 0 Å². The topological polar surface area (TPSA) is 72.9 Å². The van der Waals surface area contributed by atoms with E-state index < -0.39 is 26.8 Å². The minimum absolute atomic E-state index is 0.0742. The summed E-state index contributed by atoms with van der Waals surface area (Å²) in [4.78, 5) is 13.7. The third-order valence-corrected chi connectivity index (χ3v) is 6.29. The highest BCUT2D eigenvalue weighted by molar-refractivity contribution is 7.87. The van der Waals surface area contributed by atoms with Crippen molar-refractivity contribution in [3.05, 3.63) is 102 Å². The van der Waals surface area contributed by atoms with Crippen LogP contribution < -0.4 is 4.18 Å². The van der Waals surface area contributed by atoms with E-state index in [1.54, 1.807) is 23.1 Å². The van der Waals surface area contributed by atoms with Crippen LogP contribution in [0.2, 0.25) is 0 Å². The van der Waals surface area contributed by atoms with Crippen LogP contribution in [-0.4, -0.2) is 39.5 Å². The maximum Gasteiger partial charge on any atom is 0.416 e. The first kappa shape index (κ1) is 27.0. The normalized spacial score (nSPS) is 12.0. The van der Waals surface area contributed by atoms with Crippen molar-refractivity contribution in [2.75, 3.05) is 20.3 Å². The number of nitrogens with zero attached hydrogens (tertiary/aromatic N) is 1. The van der Waals surface area contributed by atoms with Crippen LogP contribution in [-0.2, 0) is 32.4 Å². The fourth-order valence-corrected chi connectivity index (χ4v) is 4.16. The van der Waals surface area contributed by atoms with Gasteiger partial charge in [-0.05, 0) is 47.5 Å². The van der Waals surface area contributed by atoms with Gasteiger partial charge < -0.3 is 13.8 Å². The Morgan fingerprint density at radius 3 is 2.31 bits per heavy atom. The number of amides is 1. The van der Waals surface area contributed by atoms with Gasteiger partial charge in [0.15, 0.2) is 0 Å². The number of halogens is 3. The van der Waals surface area contributed by atoms with Gasteiger partial charge in [0.05, 0.1) is 12.2 Å². The van der Waals surface area contributed by atoms with E-state index in [1.807, 2.05) is 30.3 Å². The molecule has 1 amide bonds. The highest BCUT2D eigenvalue weighted by Gasteiger charge is 2.32. The first-order valence-electron chi connectivity index (χ1n) is 10.8. The number of benzene rings is 3. The highest BCUT2D eigenvalue weighted by atomic mass is 32.2. The quantitative estimate of drug-likeness (QED) is 0.273. The van der Waals surface area contributed by atoms with Gasteiger partial charge >= 0.3 is 16.3 Å². The number of hydrogen-bond acceptors (Lipinski definition) is 5. The molecule has 0 atom stereocenters. The molecule has 0 saturated heterocycles. The summed E-state index contributed by atoms with van der Waals surface area (Å²) in [6.07, 6.45) is -1.52. The molecule has 0 heterocycles. The highest BCUT2D eigenvalue weighted by Crippen LogP contribution is 2.31. The summed E-state index contributed by atoms with van der Waals surface area (Å²) >= 11 is 0. The molecule has 0 bridgehead atoms. The zero-order valence-electron chi connectivity index (χ0n) is 19.3. The molecule has 3 aromatic rings. The van der Waals surface area contributed by atoms with Crippen LogP contribution in [0.1, 0.15) is 16.7 Å². The Morgan fingerprint density at radius 2 is 1.67 bits per heavy atom. The smallest absolute Gasteiger partial charge is 0.383 e. The number of alkyl halides is 3. The molecule has 0 saturated carbocycles. The second-order valence-corrected chi connectivity index (χ2v) is 9.25. The van der Waals surface area contributed by atoms with Crippen molar-refractivity contribution >= 4 is 22.1 Å². The molecule has 0 aliphatic heterocycles. The van der Waals surface area contributed by atoms with Crippen LogP contribution in [0.4, 0.5) is 13.2 Å². The van der Waals surface area contributed by atoms with Crippen LogP contribution in [0.3, 0.4) is 0 Å². The fraction of sp³-hybridized carbons (Fsp3) is 0.192. The number of carbonyl (C=O) groups is 1. The summed E-state index contributed by atoms with van der Waals surface area (Å²) in [5.74, 6) is -0.307. The second-order valence-electron chi connectivity index (χ2n) is 7.70. The Morgan fingerprint density at radius 1 is 0.972 bits per heavy atom. The van der Waals surface area contributed by atoms with Crippen molar-refractivity contribution in [3.8, 4) is 5.75 Å². The minimum Gasteiger partial charge on any atom is -0.383 e. The van der Waals surface area contributed by atoms with Gasteiger partial charge in [-0.15, -0.1) is 0 Å². The van der Waals surface area contributed by atoms with Crippen LogP contribution in [0, 0.1) is 0 Å². The summed E-state index contributed by atoms with van der Waals surface area (Å²) in [6, 6.07) is 18.6. The summed E-state index contributed by atoms with van der Waals surface area (Å²) in [5, 5.41) is 0. The second kappa shape index (κ2) is 11.9. The predicted molar refractivity (Wildman–Crippen MR) is 128 cm³/mol. The molecular weight excluding hydrogens is 495 g/mol. The molecule has 0 spiro atoms. The van der Waals surface area contributed by atoms with Crippen molar-refractivity contribution in [2.24, 2.45) is 0 Å². The molecule has 0 radical (unpaired) electrons.